The fraction of sp³-hybridized carbons (Fsp3) is 0.227. The minimum atomic E-state index is -0.367. The van der Waals surface area contributed by atoms with Crippen LogP contribution in [-0.2, 0) is 0 Å². The first-order chi connectivity index (χ1) is 14.0. The number of carbonyl (C=O) groups excluding carboxylic acids is 2. The van der Waals surface area contributed by atoms with E-state index >= 15 is 0 Å². The van der Waals surface area contributed by atoms with Crippen molar-refractivity contribution in [1.82, 2.24) is 9.80 Å². The van der Waals surface area contributed by atoms with E-state index in [9.17, 15) is 14.7 Å². The normalized spacial score (nSPS) is 19.3. The summed E-state index contributed by atoms with van der Waals surface area (Å²) in [5, 5.41) is 11.3. The molecule has 2 N–H and O–H groups in total. The summed E-state index contributed by atoms with van der Waals surface area (Å²) in [5.41, 5.74) is 2.05. The van der Waals surface area contributed by atoms with E-state index in [0.717, 1.165) is 11.1 Å². The Morgan fingerprint density at radius 3 is 2.72 bits per heavy atom. The maximum Gasteiger partial charge on any atom is 0.265 e. The first-order valence-electron chi connectivity index (χ1n) is 9.44. The van der Waals surface area contributed by atoms with Gasteiger partial charge in [0.05, 0.1) is 10.9 Å². The topological polar surface area (TPSA) is 84.1 Å². The third kappa shape index (κ3) is 2.58. The predicted molar refractivity (Wildman–Crippen MR) is 108 cm³/mol. The molecule has 2 aromatic rings. The van der Waals surface area contributed by atoms with E-state index in [2.05, 4.69) is 4.99 Å². The molecule has 1 aliphatic carbocycles. The van der Waals surface area contributed by atoms with Crippen LogP contribution in [0, 0.1) is 0 Å². The number of benzene rings is 2. The van der Waals surface area contributed by atoms with Gasteiger partial charge in [0.15, 0.2) is 0 Å². The van der Waals surface area contributed by atoms with Crippen LogP contribution >= 0.6 is 0 Å². The monoisotopic (exact) mass is 390 g/mol. The van der Waals surface area contributed by atoms with Crippen LogP contribution < -0.4 is 9.73 Å². The van der Waals surface area contributed by atoms with Gasteiger partial charge in [0.2, 0.25) is 17.6 Å². The number of imide groups is 1. The molecule has 146 valence electrons. The largest absolute Gasteiger partial charge is 0.508 e. The summed E-state index contributed by atoms with van der Waals surface area (Å²) in [6.07, 6.45) is 7.26. The van der Waals surface area contributed by atoms with Gasteiger partial charge in [-0.25, -0.2) is 4.99 Å². The second kappa shape index (κ2) is 6.28. The van der Waals surface area contributed by atoms with Gasteiger partial charge < -0.3 is 14.7 Å². The number of nitrogens with zero attached hydrogens (tertiary/aromatic N) is 2. The molecule has 3 aliphatic rings. The van der Waals surface area contributed by atoms with E-state index in [0.29, 0.717) is 28.9 Å². The third-order valence-corrected chi connectivity index (χ3v) is 5.43. The quantitative estimate of drug-likeness (QED) is 0.756. The third-order valence-electron chi connectivity index (χ3n) is 5.43. The van der Waals surface area contributed by atoms with Crippen LogP contribution in [0.4, 0.5) is 5.69 Å². The maximum atomic E-state index is 13.3. The molecule has 2 heterocycles. The van der Waals surface area contributed by atoms with Crippen LogP contribution in [0.15, 0.2) is 42.5 Å². The number of aromatic hydroxyl groups is 1. The van der Waals surface area contributed by atoms with Crippen molar-refractivity contribution >= 4 is 34.0 Å². The highest BCUT2D eigenvalue weighted by Gasteiger charge is 2.45. The number of nitrogens with one attached hydrogen (secondary N) is 1. The van der Waals surface area contributed by atoms with E-state index < -0.39 is 0 Å². The van der Waals surface area contributed by atoms with Crippen LogP contribution in [0.5, 0.6) is 11.5 Å². The highest BCUT2D eigenvalue weighted by molar-refractivity contribution is 6.29. The number of allylic oxidation sites excluding steroid dienone is 2. The van der Waals surface area contributed by atoms with Crippen molar-refractivity contribution in [2.24, 2.45) is 0 Å². The number of carbonyl (C=O) groups is 2. The summed E-state index contributed by atoms with van der Waals surface area (Å²) in [7, 11) is 3.78. The summed E-state index contributed by atoms with van der Waals surface area (Å²) >= 11 is 0. The number of phenolic OH excluding ortho intramolecular Hbond substituents is 1. The Balaban J connectivity index is 1.77. The molecule has 1 atom stereocenters. The molecule has 0 aromatic heterocycles. The van der Waals surface area contributed by atoms with Crippen molar-refractivity contribution in [3.63, 3.8) is 0 Å². The number of phenols is 1. The summed E-state index contributed by atoms with van der Waals surface area (Å²) < 4.78 is 6.20. The minimum Gasteiger partial charge on any atom is -0.508 e. The van der Waals surface area contributed by atoms with E-state index in [4.69, 9.17) is 4.74 Å². The molecule has 5 rings (SSSR count). The van der Waals surface area contributed by atoms with Crippen molar-refractivity contribution in [2.75, 3.05) is 27.2 Å². The second-order valence-corrected chi connectivity index (χ2v) is 7.61. The Morgan fingerprint density at radius 2 is 1.93 bits per heavy atom. The SMILES string of the molecule is CN(C)CCN1C(=O)c2c3c(c4ccc(O)cc4c2C1=O)[NH+]=C1C=CC=CC1O3. The smallest absolute Gasteiger partial charge is 0.265 e. The molecular formula is C22H20N3O4+. The number of hydrogen-bond acceptors (Lipinski definition) is 5. The van der Waals surface area contributed by atoms with Gasteiger partial charge in [-0.05, 0) is 38.4 Å². The molecule has 0 bridgehead atoms. The highest BCUT2D eigenvalue weighted by Crippen LogP contribution is 2.44. The van der Waals surface area contributed by atoms with Crippen molar-refractivity contribution in [3.8, 4) is 11.5 Å². The van der Waals surface area contributed by atoms with Crippen LogP contribution in [0.2, 0.25) is 0 Å². The van der Waals surface area contributed by atoms with Crippen LogP contribution in [0.1, 0.15) is 20.7 Å². The molecule has 0 spiro atoms. The zero-order valence-corrected chi connectivity index (χ0v) is 16.1. The maximum absolute atomic E-state index is 13.3. The Hall–Kier alpha value is -3.45. The van der Waals surface area contributed by atoms with Gasteiger partial charge in [0, 0.05) is 24.6 Å². The van der Waals surface area contributed by atoms with Crippen molar-refractivity contribution in [2.45, 2.75) is 6.10 Å². The number of ether oxygens (including phenoxy) is 1. The van der Waals surface area contributed by atoms with Crippen molar-refractivity contribution < 1.29 is 24.4 Å². The Bertz CT molecular complexity index is 1180. The predicted octanol–water partition coefficient (Wildman–Crippen LogP) is 0.743. The van der Waals surface area contributed by atoms with Crippen molar-refractivity contribution in [3.05, 3.63) is 53.6 Å². The molecule has 2 aromatic carbocycles. The van der Waals surface area contributed by atoms with E-state index in [1.807, 2.05) is 43.3 Å². The highest BCUT2D eigenvalue weighted by atomic mass is 16.5. The number of fused-ring (bicyclic) bond motifs is 7. The summed E-state index contributed by atoms with van der Waals surface area (Å²) in [5.74, 6) is -0.302. The zero-order valence-electron chi connectivity index (χ0n) is 16.1. The van der Waals surface area contributed by atoms with Crippen molar-refractivity contribution in [1.29, 1.82) is 0 Å². The first-order valence-corrected chi connectivity index (χ1v) is 9.44. The Morgan fingerprint density at radius 1 is 1.14 bits per heavy atom. The second-order valence-electron chi connectivity index (χ2n) is 7.61. The lowest BCUT2D eigenvalue weighted by molar-refractivity contribution is -0.360. The van der Waals surface area contributed by atoms with Gasteiger partial charge in [-0.15, -0.1) is 0 Å². The lowest BCUT2D eigenvalue weighted by atomic mass is 9.95. The number of rotatable bonds is 3. The molecule has 1 unspecified atom stereocenters. The molecule has 0 fully saturated rings. The molecule has 0 radical (unpaired) electrons. The van der Waals surface area contributed by atoms with E-state index in [1.54, 1.807) is 12.1 Å². The lowest BCUT2D eigenvalue weighted by Crippen LogP contribution is -2.71. The molecular weight excluding hydrogens is 370 g/mol. The fourth-order valence-electron chi connectivity index (χ4n) is 4.00. The van der Waals surface area contributed by atoms with E-state index in [-0.39, 0.29) is 35.8 Å². The number of likely N-dealkylation sites (N-methyl/N-ethyl adjacent to an activating group) is 1. The lowest BCUT2D eigenvalue weighted by Gasteiger charge is -2.22. The summed E-state index contributed by atoms with van der Waals surface area (Å²) in [6, 6.07) is 4.84. The number of amides is 2. The zero-order chi connectivity index (χ0) is 20.3. The van der Waals surface area contributed by atoms with Crippen LogP contribution in [0.25, 0.3) is 10.8 Å². The van der Waals surface area contributed by atoms with Gasteiger partial charge in [-0.1, -0.05) is 12.2 Å². The summed E-state index contributed by atoms with van der Waals surface area (Å²) in [4.78, 5) is 33.0. The molecule has 29 heavy (non-hydrogen) atoms. The van der Waals surface area contributed by atoms with Gasteiger partial charge >= 0.3 is 0 Å². The van der Waals surface area contributed by atoms with Crippen LogP contribution in [-0.4, -0.2) is 65.7 Å². The molecule has 0 saturated carbocycles. The average Bonchev–Trinajstić information content (AvgIpc) is 2.95. The fourth-order valence-corrected chi connectivity index (χ4v) is 4.00. The standard InChI is InChI=1S/C22H19N3O4/c1-24(2)9-10-25-21(27)17-14-11-12(26)7-8-13(14)19-20(18(17)22(25)28)29-16-6-4-3-5-15(16)23-19/h3-8,11,16,26H,9-10H2,1-2H3/p+1. The average molecular weight is 390 g/mol. The first kappa shape index (κ1) is 17.6. The molecule has 7 heteroatoms. The molecule has 2 amide bonds. The molecule has 0 saturated heterocycles. The Labute approximate surface area is 167 Å². The van der Waals surface area contributed by atoms with Gasteiger partial charge in [0.25, 0.3) is 17.5 Å². The van der Waals surface area contributed by atoms with Gasteiger partial charge in [-0.3, -0.25) is 14.5 Å². The molecule has 2 aliphatic heterocycles. The Kier molecular flexibility index (Phi) is 3.82. The van der Waals surface area contributed by atoms with Gasteiger partial charge in [-0.2, -0.15) is 0 Å². The number of hydrogen-bond donors (Lipinski definition) is 2. The van der Waals surface area contributed by atoms with E-state index in [1.165, 1.54) is 11.0 Å². The minimum absolute atomic E-state index is 0.0365. The summed E-state index contributed by atoms with van der Waals surface area (Å²) in [6.45, 7) is 0.843. The van der Waals surface area contributed by atoms with Crippen LogP contribution in [0.3, 0.4) is 0 Å². The molecule has 7 nitrogen and oxygen atoms in total. The van der Waals surface area contributed by atoms with Gasteiger partial charge in [0.1, 0.15) is 11.3 Å².